The summed E-state index contributed by atoms with van der Waals surface area (Å²) in [4.78, 5) is -0.259. The largest absolute Gasteiger partial charge is 0.399 e. The van der Waals surface area contributed by atoms with Gasteiger partial charge in [0, 0.05) is 12.2 Å². The molecule has 0 aliphatic carbocycles. The lowest BCUT2D eigenvalue weighted by Gasteiger charge is -2.09. The van der Waals surface area contributed by atoms with Crippen LogP contribution >= 0.6 is 0 Å². The van der Waals surface area contributed by atoms with Crippen LogP contribution in [0.15, 0.2) is 23.1 Å². The quantitative estimate of drug-likeness (QED) is 0.426. The first-order valence-electron chi connectivity index (χ1n) is 4.17. The van der Waals surface area contributed by atoms with Crippen LogP contribution in [-0.2, 0) is 10.1 Å². The van der Waals surface area contributed by atoms with Gasteiger partial charge in [0.1, 0.15) is 4.90 Å². The Hall–Kier alpha value is -1.31. The minimum absolute atomic E-state index is 0.153. The molecule has 0 radical (unpaired) electrons. The van der Waals surface area contributed by atoms with Gasteiger partial charge in [-0.05, 0) is 18.2 Å². The van der Waals surface area contributed by atoms with Crippen molar-refractivity contribution in [2.24, 2.45) is 0 Å². The van der Waals surface area contributed by atoms with Crippen molar-refractivity contribution >= 4 is 21.5 Å². The first-order valence-corrected chi connectivity index (χ1v) is 5.61. The number of nitrogens with one attached hydrogen (secondary N) is 1. The second-order valence-corrected chi connectivity index (χ2v) is 4.27. The van der Waals surface area contributed by atoms with Crippen molar-refractivity contribution in [2.45, 2.75) is 4.90 Å². The highest BCUT2D eigenvalue weighted by atomic mass is 32.2. The van der Waals surface area contributed by atoms with Crippen molar-refractivity contribution < 1.29 is 18.1 Å². The van der Waals surface area contributed by atoms with Crippen molar-refractivity contribution in [3.63, 3.8) is 0 Å². The van der Waals surface area contributed by atoms with Crippen LogP contribution in [0.5, 0.6) is 0 Å². The molecule has 5 N–H and O–H groups in total. The Bertz CT molecular complexity index is 444. The Morgan fingerprint density at radius 1 is 1.40 bits per heavy atom. The fourth-order valence-corrected chi connectivity index (χ4v) is 1.75. The van der Waals surface area contributed by atoms with Crippen LogP contribution < -0.4 is 11.1 Å². The van der Waals surface area contributed by atoms with E-state index < -0.39 is 10.1 Å². The Balaban J connectivity index is 3.15. The first kappa shape index (κ1) is 11.8. The van der Waals surface area contributed by atoms with E-state index in [0.717, 1.165) is 0 Å². The maximum absolute atomic E-state index is 10.9. The summed E-state index contributed by atoms with van der Waals surface area (Å²) >= 11 is 0. The van der Waals surface area contributed by atoms with Gasteiger partial charge in [-0.3, -0.25) is 4.55 Å². The first-order chi connectivity index (χ1) is 6.95. The monoisotopic (exact) mass is 232 g/mol. The highest BCUT2D eigenvalue weighted by Crippen LogP contribution is 2.23. The van der Waals surface area contributed by atoms with Gasteiger partial charge in [0.2, 0.25) is 0 Å². The molecule has 0 atom stereocenters. The van der Waals surface area contributed by atoms with Crippen molar-refractivity contribution in [3.8, 4) is 0 Å². The predicted molar refractivity (Wildman–Crippen MR) is 56.2 cm³/mol. The van der Waals surface area contributed by atoms with E-state index in [9.17, 15) is 8.42 Å². The zero-order valence-electron chi connectivity index (χ0n) is 7.84. The number of anilines is 2. The van der Waals surface area contributed by atoms with E-state index in [1.54, 1.807) is 0 Å². The van der Waals surface area contributed by atoms with E-state index in [1.165, 1.54) is 18.2 Å². The number of nitrogen functional groups attached to an aromatic ring is 1. The molecule has 6 nitrogen and oxygen atoms in total. The lowest BCUT2D eigenvalue weighted by atomic mass is 10.3. The Morgan fingerprint density at radius 3 is 2.60 bits per heavy atom. The van der Waals surface area contributed by atoms with Crippen molar-refractivity contribution in [1.29, 1.82) is 0 Å². The van der Waals surface area contributed by atoms with Crippen molar-refractivity contribution in [2.75, 3.05) is 24.2 Å². The average Bonchev–Trinajstić information content (AvgIpc) is 2.12. The van der Waals surface area contributed by atoms with Crippen LogP contribution in [0.25, 0.3) is 0 Å². The van der Waals surface area contributed by atoms with Crippen molar-refractivity contribution in [3.05, 3.63) is 18.2 Å². The molecular weight excluding hydrogens is 220 g/mol. The van der Waals surface area contributed by atoms with E-state index in [1.807, 2.05) is 0 Å². The highest BCUT2D eigenvalue weighted by molar-refractivity contribution is 7.86. The summed E-state index contributed by atoms with van der Waals surface area (Å²) in [6.07, 6.45) is 0. The Labute approximate surface area is 87.5 Å². The summed E-state index contributed by atoms with van der Waals surface area (Å²) in [5.74, 6) is 0. The molecule has 84 valence electrons. The number of rotatable bonds is 4. The van der Waals surface area contributed by atoms with Gasteiger partial charge in [-0.25, -0.2) is 0 Å². The molecule has 0 aromatic heterocycles. The number of hydrogen-bond donors (Lipinski definition) is 4. The topological polar surface area (TPSA) is 113 Å². The molecule has 15 heavy (non-hydrogen) atoms. The summed E-state index contributed by atoms with van der Waals surface area (Å²) in [5, 5.41) is 11.2. The van der Waals surface area contributed by atoms with Crippen LogP contribution in [0, 0.1) is 0 Å². The molecule has 1 aromatic carbocycles. The highest BCUT2D eigenvalue weighted by Gasteiger charge is 2.14. The number of aliphatic hydroxyl groups excluding tert-OH is 1. The second kappa shape index (κ2) is 4.47. The van der Waals surface area contributed by atoms with Crippen LogP contribution in [0.1, 0.15) is 0 Å². The summed E-state index contributed by atoms with van der Waals surface area (Å²) in [7, 11) is -4.28. The molecule has 0 amide bonds. The van der Waals surface area contributed by atoms with E-state index in [-0.39, 0.29) is 23.7 Å². The lowest BCUT2D eigenvalue weighted by Crippen LogP contribution is -2.10. The predicted octanol–water partition coefficient (Wildman–Crippen LogP) is -0.0803. The second-order valence-electron chi connectivity index (χ2n) is 2.88. The standard InChI is InChI=1S/C8H12N2O4S/c9-6-1-2-8(15(12,13)14)7(5-6)10-3-4-11/h1-2,5,10-11H,3-4,9H2,(H,12,13,14). The maximum Gasteiger partial charge on any atom is 0.296 e. The van der Waals surface area contributed by atoms with E-state index in [4.69, 9.17) is 15.4 Å². The van der Waals surface area contributed by atoms with Crippen LogP contribution in [0.4, 0.5) is 11.4 Å². The van der Waals surface area contributed by atoms with Gasteiger partial charge < -0.3 is 16.2 Å². The third kappa shape index (κ3) is 3.08. The normalized spacial score (nSPS) is 11.3. The molecule has 0 unspecified atom stereocenters. The molecule has 0 fully saturated rings. The van der Waals surface area contributed by atoms with Gasteiger partial charge >= 0.3 is 0 Å². The van der Waals surface area contributed by atoms with Crippen molar-refractivity contribution in [1.82, 2.24) is 0 Å². The van der Waals surface area contributed by atoms with E-state index in [2.05, 4.69) is 5.32 Å². The van der Waals surface area contributed by atoms with Crippen LogP contribution in [-0.4, -0.2) is 31.2 Å². The SMILES string of the molecule is Nc1ccc(S(=O)(=O)O)c(NCCO)c1. The molecule has 0 saturated carbocycles. The summed E-state index contributed by atoms with van der Waals surface area (Å²) in [6.45, 7) is 0.0195. The fourth-order valence-electron chi connectivity index (χ4n) is 1.10. The number of nitrogens with two attached hydrogens (primary N) is 1. The van der Waals surface area contributed by atoms with Crippen LogP contribution in [0.3, 0.4) is 0 Å². The lowest BCUT2D eigenvalue weighted by molar-refractivity contribution is 0.311. The molecule has 1 rings (SSSR count). The van der Waals surface area contributed by atoms with Gasteiger partial charge in [0.05, 0.1) is 12.3 Å². The van der Waals surface area contributed by atoms with Gasteiger partial charge in [-0.15, -0.1) is 0 Å². The molecular formula is C8H12N2O4S. The third-order valence-electron chi connectivity index (χ3n) is 1.71. The molecule has 7 heteroatoms. The zero-order valence-corrected chi connectivity index (χ0v) is 8.66. The Morgan fingerprint density at radius 2 is 2.07 bits per heavy atom. The number of benzene rings is 1. The van der Waals surface area contributed by atoms with Gasteiger partial charge in [-0.2, -0.15) is 8.42 Å². The average molecular weight is 232 g/mol. The van der Waals surface area contributed by atoms with E-state index in [0.29, 0.717) is 5.69 Å². The molecule has 0 spiro atoms. The summed E-state index contributed by atoms with van der Waals surface area (Å²) in [5.41, 5.74) is 6.00. The Kier molecular flexibility index (Phi) is 3.51. The van der Waals surface area contributed by atoms with Gasteiger partial charge in [0.25, 0.3) is 10.1 Å². The third-order valence-corrected chi connectivity index (χ3v) is 2.62. The molecule has 0 aliphatic rings. The number of hydrogen-bond acceptors (Lipinski definition) is 5. The number of aliphatic hydroxyl groups is 1. The molecule has 1 aromatic rings. The van der Waals surface area contributed by atoms with Crippen LogP contribution in [0.2, 0.25) is 0 Å². The minimum atomic E-state index is -4.28. The smallest absolute Gasteiger partial charge is 0.296 e. The fraction of sp³-hybridized carbons (Fsp3) is 0.250. The van der Waals surface area contributed by atoms with E-state index >= 15 is 0 Å². The van der Waals surface area contributed by atoms with Gasteiger partial charge in [-0.1, -0.05) is 0 Å². The minimum Gasteiger partial charge on any atom is -0.399 e. The summed E-state index contributed by atoms with van der Waals surface area (Å²) < 4.78 is 30.8. The zero-order chi connectivity index (χ0) is 11.5. The molecule has 0 saturated heterocycles. The maximum atomic E-state index is 10.9. The molecule has 0 bridgehead atoms. The molecule has 0 aliphatic heterocycles. The molecule has 0 heterocycles. The summed E-state index contributed by atoms with van der Waals surface area (Å²) in [6, 6.07) is 3.94. The van der Waals surface area contributed by atoms with Gasteiger partial charge in [0.15, 0.2) is 0 Å².